The number of halogens is 1. The third kappa shape index (κ3) is 5.93. The molecule has 0 aliphatic carbocycles. The van der Waals surface area contributed by atoms with E-state index in [-0.39, 0.29) is 23.6 Å². The fourth-order valence-corrected chi connectivity index (χ4v) is 3.47. The molecule has 0 aliphatic rings. The van der Waals surface area contributed by atoms with Gasteiger partial charge in [-0.2, -0.15) is 0 Å². The molecule has 0 saturated heterocycles. The molecule has 0 atom stereocenters. The summed E-state index contributed by atoms with van der Waals surface area (Å²) in [5.74, 6) is -0.00702. The van der Waals surface area contributed by atoms with Crippen molar-refractivity contribution in [3.8, 4) is 5.75 Å². The predicted octanol–water partition coefficient (Wildman–Crippen LogP) is 2.92. The number of benzene rings is 2. The quantitative estimate of drug-likeness (QED) is 0.617. The number of sulfonamides is 1. The van der Waals surface area contributed by atoms with Gasteiger partial charge in [-0.15, -0.1) is 0 Å². The van der Waals surface area contributed by atoms with E-state index >= 15 is 0 Å². The molecule has 9 heteroatoms. The average molecular weight is 413 g/mol. The largest absolute Gasteiger partial charge is 0.492 e. The fourth-order valence-electron chi connectivity index (χ4n) is 2.24. The Hall–Kier alpha value is -2.13. The predicted molar refractivity (Wildman–Crippen MR) is 104 cm³/mol. The van der Waals surface area contributed by atoms with E-state index in [2.05, 4.69) is 10.0 Å². The Kier molecular flexibility index (Phi) is 7.61. The lowest BCUT2D eigenvalue weighted by molar-refractivity contribution is 0.102. The van der Waals surface area contributed by atoms with Crippen LogP contribution in [-0.4, -0.2) is 41.2 Å². The summed E-state index contributed by atoms with van der Waals surface area (Å²) in [6.07, 6.45) is 0. The van der Waals surface area contributed by atoms with Gasteiger partial charge < -0.3 is 14.8 Å². The van der Waals surface area contributed by atoms with Crippen molar-refractivity contribution in [1.82, 2.24) is 4.72 Å². The Morgan fingerprint density at radius 1 is 1.19 bits per heavy atom. The molecule has 0 saturated carbocycles. The zero-order chi connectivity index (χ0) is 19.9. The monoisotopic (exact) mass is 412 g/mol. The summed E-state index contributed by atoms with van der Waals surface area (Å²) in [7, 11) is -2.26. The summed E-state index contributed by atoms with van der Waals surface area (Å²) in [4.78, 5) is 12.6. The molecule has 2 N–H and O–H groups in total. The van der Waals surface area contributed by atoms with Crippen LogP contribution in [0.5, 0.6) is 5.75 Å². The van der Waals surface area contributed by atoms with Crippen LogP contribution in [0.25, 0.3) is 0 Å². The van der Waals surface area contributed by atoms with Crippen molar-refractivity contribution in [1.29, 1.82) is 0 Å². The number of anilines is 1. The zero-order valence-electron chi connectivity index (χ0n) is 15.0. The van der Waals surface area contributed by atoms with E-state index in [1.807, 2.05) is 6.92 Å². The molecule has 1 amide bonds. The highest BCUT2D eigenvalue weighted by molar-refractivity contribution is 7.89. The van der Waals surface area contributed by atoms with E-state index in [0.29, 0.717) is 23.1 Å². The van der Waals surface area contributed by atoms with Crippen molar-refractivity contribution in [3.63, 3.8) is 0 Å². The van der Waals surface area contributed by atoms with Crippen LogP contribution in [0, 0.1) is 0 Å². The van der Waals surface area contributed by atoms with Crippen LogP contribution in [0.4, 0.5) is 5.69 Å². The molecule has 146 valence electrons. The van der Waals surface area contributed by atoms with Crippen LogP contribution < -0.4 is 14.8 Å². The minimum atomic E-state index is -3.74. The first-order valence-electron chi connectivity index (χ1n) is 8.19. The Morgan fingerprint density at radius 3 is 2.67 bits per heavy atom. The van der Waals surface area contributed by atoms with Crippen molar-refractivity contribution in [2.75, 3.05) is 32.2 Å². The van der Waals surface area contributed by atoms with Crippen LogP contribution >= 0.6 is 11.6 Å². The smallest absolute Gasteiger partial charge is 0.255 e. The lowest BCUT2D eigenvalue weighted by atomic mass is 10.2. The molecule has 2 aromatic carbocycles. The number of rotatable bonds is 9. The Balaban J connectivity index is 2.22. The third-order valence-electron chi connectivity index (χ3n) is 3.49. The Labute approximate surface area is 163 Å². The number of hydrogen-bond donors (Lipinski definition) is 2. The van der Waals surface area contributed by atoms with E-state index in [9.17, 15) is 13.2 Å². The first-order chi connectivity index (χ1) is 12.9. The molecule has 27 heavy (non-hydrogen) atoms. The highest BCUT2D eigenvalue weighted by Crippen LogP contribution is 2.28. The van der Waals surface area contributed by atoms with Gasteiger partial charge in [-0.05, 0) is 43.3 Å². The van der Waals surface area contributed by atoms with Gasteiger partial charge in [-0.25, -0.2) is 13.1 Å². The number of amides is 1. The second kappa shape index (κ2) is 9.70. The lowest BCUT2D eigenvalue weighted by Crippen LogP contribution is -2.27. The van der Waals surface area contributed by atoms with E-state index in [1.165, 1.54) is 31.4 Å². The average Bonchev–Trinajstić information content (AvgIpc) is 2.64. The summed E-state index contributed by atoms with van der Waals surface area (Å²) < 4.78 is 37.3. The second-order valence-corrected chi connectivity index (χ2v) is 7.65. The normalized spacial score (nSPS) is 11.2. The van der Waals surface area contributed by atoms with E-state index in [0.717, 1.165) is 0 Å². The topological polar surface area (TPSA) is 93.7 Å². The number of ether oxygens (including phenoxy) is 2. The number of carbonyl (C=O) groups is 1. The van der Waals surface area contributed by atoms with Crippen LogP contribution in [0.2, 0.25) is 5.02 Å². The van der Waals surface area contributed by atoms with Gasteiger partial charge in [0.15, 0.2) is 0 Å². The first-order valence-corrected chi connectivity index (χ1v) is 10.1. The molecular weight excluding hydrogens is 392 g/mol. The standard InChI is InChI=1S/C18H21ClN2O5S/c1-3-26-17-8-7-14(19)12-16(17)21-18(22)13-5-4-6-15(11-13)27(23,24)20-9-10-25-2/h4-8,11-12,20H,3,9-10H2,1-2H3,(H,21,22). The molecule has 0 heterocycles. The van der Waals surface area contributed by atoms with Crippen LogP contribution in [0.15, 0.2) is 47.4 Å². The van der Waals surface area contributed by atoms with Gasteiger partial charge >= 0.3 is 0 Å². The Bertz CT molecular complexity index is 902. The number of hydrogen-bond acceptors (Lipinski definition) is 5. The van der Waals surface area contributed by atoms with Crippen molar-refractivity contribution < 1.29 is 22.7 Å². The van der Waals surface area contributed by atoms with E-state index < -0.39 is 15.9 Å². The second-order valence-electron chi connectivity index (χ2n) is 5.45. The molecule has 0 spiro atoms. The maximum absolute atomic E-state index is 12.6. The van der Waals surface area contributed by atoms with Crippen molar-refractivity contribution in [3.05, 3.63) is 53.1 Å². The van der Waals surface area contributed by atoms with Crippen LogP contribution in [0.3, 0.4) is 0 Å². The van der Waals surface area contributed by atoms with Crippen LogP contribution in [0.1, 0.15) is 17.3 Å². The third-order valence-corrected chi connectivity index (χ3v) is 5.19. The molecular formula is C18H21ClN2O5S. The molecule has 0 unspecified atom stereocenters. The highest BCUT2D eigenvalue weighted by atomic mass is 35.5. The molecule has 0 bridgehead atoms. The summed E-state index contributed by atoms with van der Waals surface area (Å²) in [6.45, 7) is 2.63. The number of carbonyl (C=O) groups excluding carboxylic acids is 1. The van der Waals surface area contributed by atoms with Crippen LogP contribution in [-0.2, 0) is 14.8 Å². The van der Waals surface area contributed by atoms with Gasteiger partial charge in [0.2, 0.25) is 10.0 Å². The first kappa shape index (κ1) is 21.2. The van der Waals surface area contributed by atoms with Gasteiger partial charge in [0.1, 0.15) is 5.75 Å². The molecule has 0 aromatic heterocycles. The van der Waals surface area contributed by atoms with E-state index in [4.69, 9.17) is 21.1 Å². The minimum Gasteiger partial charge on any atom is -0.492 e. The molecule has 0 fully saturated rings. The maximum Gasteiger partial charge on any atom is 0.255 e. The van der Waals surface area contributed by atoms with Gasteiger partial charge in [0.05, 0.1) is 23.8 Å². The minimum absolute atomic E-state index is 0.0117. The van der Waals surface area contributed by atoms with Gasteiger partial charge in [0, 0.05) is 24.2 Å². The molecule has 2 aromatic rings. The molecule has 2 rings (SSSR count). The summed E-state index contributed by atoms with van der Waals surface area (Å²) in [5.41, 5.74) is 0.591. The molecule has 0 radical (unpaired) electrons. The summed E-state index contributed by atoms with van der Waals surface area (Å²) in [6, 6.07) is 10.6. The summed E-state index contributed by atoms with van der Waals surface area (Å²) in [5, 5.41) is 3.14. The van der Waals surface area contributed by atoms with Gasteiger partial charge in [-0.3, -0.25) is 4.79 Å². The van der Waals surface area contributed by atoms with Crippen molar-refractivity contribution >= 4 is 33.2 Å². The number of methoxy groups -OCH3 is 1. The van der Waals surface area contributed by atoms with Crippen molar-refractivity contribution in [2.45, 2.75) is 11.8 Å². The number of nitrogens with one attached hydrogen (secondary N) is 2. The fraction of sp³-hybridized carbons (Fsp3) is 0.278. The zero-order valence-corrected chi connectivity index (χ0v) is 16.6. The van der Waals surface area contributed by atoms with Gasteiger partial charge in [-0.1, -0.05) is 17.7 Å². The van der Waals surface area contributed by atoms with Crippen molar-refractivity contribution in [2.24, 2.45) is 0 Å². The maximum atomic E-state index is 12.6. The SMILES string of the molecule is CCOc1ccc(Cl)cc1NC(=O)c1cccc(S(=O)(=O)NCCOC)c1. The highest BCUT2D eigenvalue weighted by Gasteiger charge is 2.17. The molecule has 7 nitrogen and oxygen atoms in total. The van der Waals surface area contributed by atoms with E-state index in [1.54, 1.807) is 18.2 Å². The molecule has 0 aliphatic heterocycles. The lowest BCUT2D eigenvalue weighted by Gasteiger charge is -2.12. The summed E-state index contributed by atoms with van der Waals surface area (Å²) >= 11 is 5.99. The Morgan fingerprint density at radius 2 is 1.96 bits per heavy atom. The van der Waals surface area contributed by atoms with Gasteiger partial charge in [0.25, 0.3) is 5.91 Å².